The van der Waals surface area contributed by atoms with Crippen molar-refractivity contribution in [3.8, 4) is 0 Å². The van der Waals surface area contributed by atoms with Gasteiger partial charge in [-0.25, -0.2) is 0 Å². The summed E-state index contributed by atoms with van der Waals surface area (Å²) < 4.78 is 5.43. The lowest BCUT2D eigenvalue weighted by Crippen LogP contribution is -2.55. The Balaban J connectivity index is 1.64. The van der Waals surface area contributed by atoms with E-state index in [9.17, 15) is 9.59 Å². The van der Waals surface area contributed by atoms with E-state index in [2.05, 4.69) is 4.98 Å². The van der Waals surface area contributed by atoms with Gasteiger partial charge in [-0.3, -0.25) is 14.6 Å². The molecule has 2 saturated heterocycles. The maximum Gasteiger partial charge on any atom is 0.227 e. The maximum absolute atomic E-state index is 12.7. The Morgan fingerprint density at radius 1 is 1.28 bits per heavy atom. The summed E-state index contributed by atoms with van der Waals surface area (Å²) in [6.07, 6.45) is 7.51. The van der Waals surface area contributed by atoms with Crippen molar-refractivity contribution in [1.82, 2.24) is 14.8 Å². The lowest BCUT2D eigenvalue weighted by Gasteiger charge is -2.44. The highest BCUT2D eigenvalue weighted by molar-refractivity contribution is 5.79. The molecule has 25 heavy (non-hydrogen) atoms. The Hall–Kier alpha value is -1.95. The molecule has 2 fully saturated rings. The number of pyridine rings is 1. The molecule has 2 aliphatic rings. The summed E-state index contributed by atoms with van der Waals surface area (Å²) in [5.41, 5.74) is 0.933. The third-order valence-corrected chi connectivity index (χ3v) is 5.17. The van der Waals surface area contributed by atoms with Gasteiger partial charge < -0.3 is 14.5 Å². The number of hydrogen-bond acceptors (Lipinski definition) is 4. The van der Waals surface area contributed by atoms with E-state index >= 15 is 0 Å². The van der Waals surface area contributed by atoms with E-state index in [0.717, 1.165) is 37.8 Å². The van der Waals surface area contributed by atoms with Gasteiger partial charge in [0.1, 0.15) is 0 Å². The second-order valence-corrected chi connectivity index (χ2v) is 6.94. The smallest absolute Gasteiger partial charge is 0.227 e. The predicted octanol–water partition coefficient (Wildman–Crippen LogP) is 1.64. The Morgan fingerprint density at radius 2 is 2.08 bits per heavy atom. The van der Waals surface area contributed by atoms with Gasteiger partial charge in [0, 0.05) is 57.7 Å². The summed E-state index contributed by atoms with van der Waals surface area (Å²) in [4.78, 5) is 32.9. The van der Waals surface area contributed by atoms with E-state index in [1.54, 1.807) is 19.3 Å². The van der Waals surface area contributed by atoms with Crippen molar-refractivity contribution in [1.29, 1.82) is 0 Å². The van der Waals surface area contributed by atoms with Crippen molar-refractivity contribution < 1.29 is 14.3 Å². The van der Waals surface area contributed by atoms with Crippen LogP contribution in [0.4, 0.5) is 0 Å². The maximum atomic E-state index is 12.7. The average molecular weight is 345 g/mol. The van der Waals surface area contributed by atoms with Crippen LogP contribution in [0, 0.1) is 0 Å². The van der Waals surface area contributed by atoms with Gasteiger partial charge in [0.2, 0.25) is 11.8 Å². The minimum absolute atomic E-state index is 0.110. The monoisotopic (exact) mass is 345 g/mol. The topological polar surface area (TPSA) is 62.7 Å². The molecule has 2 amide bonds. The SMILES string of the molecule is CC(=O)N(C1CCOCC1)C1CCCN(C(=O)Cc2cccnc2)C1. The normalized spacial score (nSPS) is 21.8. The fourth-order valence-corrected chi connectivity index (χ4v) is 3.97. The van der Waals surface area contributed by atoms with Crippen LogP contribution < -0.4 is 0 Å². The second kappa shape index (κ2) is 8.43. The first-order valence-electron chi connectivity index (χ1n) is 9.18. The van der Waals surface area contributed by atoms with E-state index in [1.165, 1.54) is 0 Å². The Bertz CT molecular complexity index is 587. The quantitative estimate of drug-likeness (QED) is 0.832. The lowest BCUT2D eigenvalue weighted by atomic mass is 9.98. The van der Waals surface area contributed by atoms with Gasteiger partial charge in [0.15, 0.2) is 0 Å². The number of hydrogen-bond donors (Lipinski definition) is 0. The number of ether oxygens (including phenoxy) is 1. The zero-order chi connectivity index (χ0) is 17.6. The molecule has 1 aromatic rings. The largest absolute Gasteiger partial charge is 0.381 e. The first kappa shape index (κ1) is 17.9. The molecule has 0 aromatic carbocycles. The molecular formula is C19H27N3O3. The molecule has 136 valence electrons. The third kappa shape index (κ3) is 4.57. The zero-order valence-corrected chi connectivity index (χ0v) is 14.9. The van der Waals surface area contributed by atoms with Gasteiger partial charge in [-0.05, 0) is 37.3 Å². The number of likely N-dealkylation sites (tertiary alicyclic amines) is 1. The van der Waals surface area contributed by atoms with Crippen molar-refractivity contribution in [2.45, 2.75) is 51.1 Å². The molecule has 1 aromatic heterocycles. The average Bonchev–Trinajstić information content (AvgIpc) is 2.63. The number of aromatic nitrogens is 1. The van der Waals surface area contributed by atoms with Crippen LogP contribution in [0.3, 0.4) is 0 Å². The van der Waals surface area contributed by atoms with E-state index < -0.39 is 0 Å². The number of rotatable bonds is 4. The molecule has 0 N–H and O–H groups in total. The molecule has 3 heterocycles. The molecule has 6 heteroatoms. The van der Waals surface area contributed by atoms with E-state index in [4.69, 9.17) is 4.74 Å². The highest BCUT2D eigenvalue weighted by Crippen LogP contribution is 2.24. The Labute approximate surface area is 149 Å². The van der Waals surface area contributed by atoms with Gasteiger partial charge >= 0.3 is 0 Å². The fraction of sp³-hybridized carbons (Fsp3) is 0.632. The molecule has 0 saturated carbocycles. The first-order valence-corrected chi connectivity index (χ1v) is 9.18. The molecule has 0 bridgehead atoms. The number of amides is 2. The molecular weight excluding hydrogens is 318 g/mol. The highest BCUT2D eigenvalue weighted by atomic mass is 16.5. The predicted molar refractivity (Wildman–Crippen MR) is 93.9 cm³/mol. The second-order valence-electron chi connectivity index (χ2n) is 6.94. The van der Waals surface area contributed by atoms with Crippen LogP contribution in [0.1, 0.15) is 38.2 Å². The zero-order valence-electron chi connectivity index (χ0n) is 14.9. The minimum atomic E-state index is 0.110. The van der Waals surface area contributed by atoms with Crippen LogP contribution in [0.25, 0.3) is 0 Å². The molecule has 2 aliphatic heterocycles. The Kier molecular flexibility index (Phi) is 6.02. The minimum Gasteiger partial charge on any atom is -0.381 e. The van der Waals surface area contributed by atoms with E-state index in [0.29, 0.717) is 26.2 Å². The van der Waals surface area contributed by atoms with Gasteiger partial charge in [-0.1, -0.05) is 6.07 Å². The summed E-state index contributed by atoms with van der Waals surface area (Å²) in [6, 6.07) is 4.14. The van der Waals surface area contributed by atoms with Crippen molar-refractivity contribution in [3.05, 3.63) is 30.1 Å². The molecule has 0 aliphatic carbocycles. The summed E-state index contributed by atoms with van der Waals surface area (Å²) in [6.45, 7) is 4.48. The number of carbonyl (C=O) groups is 2. The molecule has 0 radical (unpaired) electrons. The highest BCUT2D eigenvalue weighted by Gasteiger charge is 2.34. The standard InChI is InChI=1S/C19H27N3O3/c1-15(23)22(17-6-10-25-11-7-17)18-5-3-9-21(14-18)19(24)12-16-4-2-8-20-13-16/h2,4,8,13,17-18H,3,5-7,9-12,14H2,1H3. The van der Waals surface area contributed by atoms with Gasteiger partial charge in [-0.2, -0.15) is 0 Å². The number of nitrogens with zero attached hydrogens (tertiary/aromatic N) is 3. The fourth-order valence-electron chi connectivity index (χ4n) is 3.97. The summed E-state index contributed by atoms with van der Waals surface area (Å²) in [5, 5.41) is 0. The molecule has 1 unspecified atom stereocenters. The third-order valence-electron chi connectivity index (χ3n) is 5.17. The van der Waals surface area contributed by atoms with Crippen molar-refractivity contribution in [2.24, 2.45) is 0 Å². The number of carbonyl (C=O) groups excluding carboxylic acids is 2. The summed E-state index contributed by atoms with van der Waals surface area (Å²) in [5.74, 6) is 0.228. The van der Waals surface area contributed by atoms with Crippen LogP contribution >= 0.6 is 0 Å². The molecule has 3 rings (SSSR count). The van der Waals surface area contributed by atoms with Crippen molar-refractivity contribution >= 4 is 11.8 Å². The van der Waals surface area contributed by atoms with Gasteiger partial charge in [-0.15, -0.1) is 0 Å². The van der Waals surface area contributed by atoms with Crippen molar-refractivity contribution in [3.63, 3.8) is 0 Å². The Morgan fingerprint density at radius 3 is 2.76 bits per heavy atom. The number of piperidine rings is 1. The van der Waals surface area contributed by atoms with Gasteiger partial charge in [0.05, 0.1) is 6.42 Å². The van der Waals surface area contributed by atoms with Gasteiger partial charge in [0.25, 0.3) is 0 Å². The van der Waals surface area contributed by atoms with Crippen LogP contribution in [-0.4, -0.2) is 65.0 Å². The van der Waals surface area contributed by atoms with Crippen LogP contribution in [0.15, 0.2) is 24.5 Å². The van der Waals surface area contributed by atoms with E-state index in [-0.39, 0.29) is 23.9 Å². The van der Waals surface area contributed by atoms with Crippen LogP contribution in [0.5, 0.6) is 0 Å². The summed E-state index contributed by atoms with van der Waals surface area (Å²) >= 11 is 0. The van der Waals surface area contributed by atoms with Crippen molar-refractivity contribution in [2.75, 3.05) is 26.3 Å². The van der Waals surface area contributed by atoms with Crippen LogP contribution in [-0.2, 0) is 20.7 Å². The molecule has 0 spiro atoms. The first-order chi connectivity index (χ1) is 12.1. The van der Waals surface area contributed by atoms with E-state index in [1.807, 2.05) is 21.9 Å². The van der Waals surface area contributed by atoms with Crippen LogP contribution in [0.2, 0.25) is 0 Å². The molecule has 6 nitrogen and oxygen atoms in total. The molecule has 1 atom stereocenters. The lowest BCUT2D eigenvalue weighted by molar-refractivity contribution is -0.142. The summed E-state index contributed by atoms with van der Waals surface area (Å²) in [7, 11) is 0.